The van der Waals surface area contributed by atoms with Gasteiger partial charge in [0.25, 0.3) is 0 Å². The summed E-state index contributed by atoms with van der Waals surface area (Å²) in [6.07, 6.45) is 4.02. The van der Waals surface area contributed by atoms with Crippen LogP contribution in [0.15, 0.2) is 24.4 Å². The number of likely N-dealkylation sites (tertiary alicyclic amines) is 1. The molecule has 2 fully saturated rings. The molecule has 1 unspecified atom stereocenters. The average Bonchev–Trinajstić information content (AvgIpc) is 3.47. The molecule has 2 aliphatic rings. The molecule has 0 bridgehead atoms. The number of hydrogen-bond donors (Lipinski definition) is 1. The maximum absolute atomic E-state index is 10.7. The van der Waals surface area contributed by atoms with Crippen LogP contribution in [-0.2, 0) is 0 Å². The lowest BCUT2D eigenvalue weighted by Gasteiger charge is -2.39. The Hall–Kier alpha value is -3.36. The number of ether oxygens (including phenoxy) is 1. The van der Waals surface area contributed by atoms with E-state index in [-0.39, 0.29) is 5.41 Å². The van der Waals surface area contributed by atoms with Crippen molar-refractivity contribution in [1.82, 2.24) is 35.1 Å². The number of nitriles is 1. The Balaban J connectivity index is 1.18. The minimum Gasteiger partial charge on any atom is -0.495 e. The second-order valence-corrected chi connectivity index (χ2v) is 8.63. The van der Waals surface area contributed by atoms with Crippen molar-refractivity contribution in [2.75, 3.05) is 44.7 Å². The van der Waals surface area contributed by atoms with Gasteiger partial charge in [-0.3, -0.25) is 4.98 Å². The number of pyridine rings is 1. The predicted octanol–water partition coefficient (Wildman–Crippen LogP) is 0.820. The molecule has 0 aliphatic carbocycles. The number of β-amino-alcohol motifs (C(OH)–C–C–N with tert-alkyl or cyclic N) is 1. The molecule has 3 aromatic heterocycles. The molecule has 1 N–H and O–H groups in total. The van der Waals surface area contributed by atoms with Gasteiger partial charge in [0.15, 0.2) is 11.5 Å². The fourth-order valence-corrected chi connectivity index (χ4v) is 4.78. The first-order valence-corrected chi connectivity index (χ1v) is 10.7. The second kappa shape index (κ2) is 8.29. The summed E-state index contributed by atoms with van der Waals surface area (Å²) in [4.78, 5) is 8.85. The summed E-state index contributed by atoms with van der Waals surface area (Å²) in [7, 11) is 1.51. The molecule has 1 spiro atoms. The van der Waals surface area contributed by atoms with Gasteiger partial charge in [-0.15, -0.1) is 14.8 Å². The highest BCUT2D eigenvalue weighted by Crippen LogP contribution is 2.41. The van der Waals surface area contributed by atoms with Crippen LogP contribution in [0.4, 0.5) is 5.82 Å². The number of hydrogen-bond acceptors (Lipinski definition) is 10. The first-order valence-electron chi connectivity index (χ1n) is 10.7. The van der Waals surface area contributed by atoms with Gasteiger partial charge in [0.1, 0.15) is 23.5 Å². The van der Waals surface area contributed by atoms with Gasteiger partial charge in [-0.2, -0.15) is 5.26 Å². The Morgan fingerprint density at radius 2 is 2.06 bits per heavy atom. The SMILES string of the molecule is COc1cc(C(O)CN2CCC3(CC2)CCN(c2ccc4nnnn4n2)C3)ncc1C#N. The Morgan fingerprint density at radius 1 is 1.25 bits per heavy atom. The molecule has 0 aromatic carbocycles. The van der Waals surface area contributed by atoms with Gasteiger partial charge in [-0.25, -0.2) is 0 Å². The number of aromatic nitrogens is 6. The van der Waals surface area contributed by atoms with Gasteiger partial charge in [-0.1, -0.05) is 0 Å². The van der Waals surface area contributed by atoms with Crippen molar-refractivity contribution in [2.24, 2.45) is 5.41 Å². The van der Waals surface area contributed by atoms with Gasteiger partial charge in [0.05, 0.1) is 12.8 Å². The summed E-state index contributed by atoms with van der Waals surface area (Å²) in [5.74, 6) is 1.34. The standard InChI is InChI=1S/C21H25N9O2/c1-32-18-10-16(23-12-15(18)11-22)17(31)13-28-7-4-21(5-8-28)6-9-29(14-21)20-3-2-19-24-26-27-30(19)25-20/h2-3,10,12,17,31H,4-9,13-14H2,1H3. The largest absolute Gasteiger partial charge is 0.495 e. The fourth-order valence-electron chi connectivity index (χ4n) is 4.78. The summed E-state index contributed by atoms with van der Waals surface area (Å²) in [6.45, 7) is 4.31. The smallest absolute Gasteiger partial charge is 0.200 e. The molecule has 11 heteroatoms. The van der Waals surface area contributed by atoms with E-state index in [0.717, 1.165) is 51.3 Å². The van der Waals surface area contributed by atoms with Crippen LogP contribution in [0.1, 0.15) is 36.6 Å². The summed E-state index contributed by atoms with van der Waals surface area (Å²) in [5, 5.41) is 35.8. The first kappa shape index (κ1) is 20.5. The van der Waals surface area contributed by atoms with Gasteiger partial charge >= 0.3 is 0 Å². The van der Waals surface area contributed by atoms with Crippen molar-refractivity contribution >= 4 is 11.5 Å². The zero-order chi connectivity index (χ0) is 22.1. The van der Waals surface area contributed by atoms with Crippen molar-refractivity contribution in [2.45, 2.75) is 25.4 Å². The summed E-state index contributed by atoms with van der Waals surface area (Å²) >= 11 is 0. The maximum atomic E-state index is 10.7. The number of anilines is 1. The molecule has 5 heterocycles. The Labute approximate surface area is 185 Å². The van der Waals surface area contributed by atoms with E-state index in [1.165, 1.54) is 17.9 Å². The van der Waals surface area contributed by atoms with Crippen LogP contribution in [0.5, 0.6) is 5.75 Å². The lowest BCUT2D eigenvalue weighted by molar-refractivity contribution is 0.0632. The van der Waals surface area contributed by atoms with Crippen LogP contribution in [0.25, 0.3) is 5.65 Å². The number of tetrazole rings is 1. The van der Waals surface area contributed by atoms with E-state index in [0.29, 0.717) is 29.2 Å². The van der Waals surface area contributed by atoms with Crippen molar-refractivity contribution in [3.8, 4) is 11.8 Å². The minimum atomic E-state index is -0.724. The molecule has 3 aromatic rings. The van der Waals surface area contributed by atoms with Crippen LogP contribution in [0.3, 0.4) is 0 Å². The lowest BCUT2D eigenvalue weighted by Crippen LogP contribution is -2.43. The van der Waals surface area contributed by atoms with Crippen LogP contribution in [-0.4, -0.2) is 80.1 Å². The minimum absolute atomic E-state index is 0.272. The normalized spacial score (nSPS) is 19.3. The van der Waals surface area contributed by atoms with E-state index in [1.54, 1.807) is 6.07 Å². The molecule has 0 saturated carbocycles. The number of rotatable bonds is 5. The number of fused-ring (bicyclic) bond motifs is 1. The van der Waals surface area contributed by atoms with E-state index in [2.05, 4.69) is 35.4 Å². The van der Waals surface area contributed by atoms with Crippen LogP contribution >= 0.6 is 0 Å². The van der Waals surface area contributed by atoms with Crippen molar-refractivity contribution in [3.05, 3.63) is 35.7 Å². The number of nitrogens with zero attached hydrogens (tertiary/aromatic N) is 9. The summed E-state index contributed by atoms with van der Waals surface area (Å²) in [6, 6.07) is 7.57. The zero-order valence-corrected chi connectivity index (χ0v) is 17.9. The highest BCUT2D eigenvalue weighted by Gasteiger charge is 2.41. The molecule has 5 rings (SSSR count). The molecule has 11 nitrogen and oxygen atoms in total. The van der Waals surface area contributed by atoms with E-state index < -0.39 is 6.10 Å². The number of aliphatic hydroxyl groups is 1. The molecule has 32 heavy (non-hydrogen) atoms. The van der Waals surface area contributed by atoms with E-state index in [4.69, 9.17) is 10.00 Å². The molecule has 0 radical (unpaired) electrons. The third-order valence-electron chi connectivity index (χ3n) is 6.73. The molecular weight excluding hydrogens is 410 g/mol. The average molecular weight is 435 g/mol. The molecule has 1 atom stereocenters. The van der Waals surface area contributed by atoms with Crippen LogP contribution in [0.2, 0.25) is 0 Å². The van der Waals surface area contributed by atoms with E-state index in [9.17, 15) is 5.11 Å². The van der Waals surface area contributed by atoms with Gasteiger partial charge in [0.2, 0.25) is 0 Å². The predicted molar refractivity (Wildman–Crippen MR) is 114 cm³/mol. The van der Waals surface area contributed by atoms with E-state index >= 15 is 0 Å². The Morgan fingerprint density at radius 3 is 2.84 bits per heavy atom. The molecule has 0 amide bonds. The third-order valence-corrected chi connectivity index (χ3v) is 6.73. The molecule has 2 aliphatic heterocycles. The molecule has 166 valence electrons. The van der Waals surface area contributed by atoms with Gasteiger partial charge < -0.3 is 19.6 Å². The van der Waals surface area contributed by atoms with Crippen molar-refractivity contribution in [3.63, 3.8) is 0 Å². The number of methoxy groups -OCH3 is 1. The molecular formula is C21H25N9O2. The first-order chi connectivity index (χ1) is 15.6. The van der Waals surface area contributed by atoms with Crippen molar-refractivity contribution in [1.29, 1.82) is 5.26 Å². The Bertz CT molecular complexity index is 1150. The maximum Gasteiger partial charge on any atom is 0.200 e. The van der Waals surface area contributed by atoms with Gasteiger partial charge in [0, 0.05) is 31.9 Å². The second-order valence-electron chi connectivity index (χ2n) is 8.63. The molecule has 2 saturated heterocycles. The van der Waals surface area contributed by atoms with Gasteiger partial charge in [-0.05, 0) is 60.3 Å². The highest BCUT2D eigenvalue weighted by molar-refractivity contribution is 5.45. The van der Waals surface area contributed by atoms with Crippen LogP contribution in [0, 0.1) is 16.7 Å². The highest BCUT2D eigenvalue weighted by atomic mass is 16.5. The van der Waals surface area contributed by atoms with Crippen molar-refractivity contribution < 1.29 is 9.84 Å². The van der Waals surface area contributed by atoms with E-state index in [1.807, 2.05) is 18.2 Å². The Kier molecular flexibility index (Phi) is 5.32. The quantitative estimate of drug-likeness (QED) is 0.615. The lowest BCUT2D eigenvalue weighted by atomic mass is 9.77. The number of aliphatic hydroxyl groups excluding tert-OH is 1. The topological polar surface area (TPSA) is 129 Å². The monoisotopic (exact) mass is 435 g/mol. The fraction of sp³-hybridized carbons (Fsp3) is 0.524. The number of piperidine rings is 1. The van der Waals surface area contributed by atoms with Crippen LogP contribution < -0.4 is 9.64 Å². The summed E-state index contributed by atoms with van der Waals surface area (Å²) < 4.78 is 6.71. The third kappa shape index (κ3) is 3.83. The zero-order valence-electron chi connectivity index (χ0n) is 17.9. The summed E-state index contributed by atoms with van der Waals surface area (Å²) in [5.41, 5.74) is 1.80.